The summed E-state index contributed by atoms with van der Waals surface area (Å²) < 4.78 is 6.01. The molecule has 1 heterocycles. The maximum absolute atomic E-state index is 6.01. The molecule has 0 N–H and O–H groups in total. The summed E-state index contributed by atoms with van der Waals surface area (Å²) in [5, 5.41) is 0. The van der Waals surface area contributed by atoms with E-state index >= 15 is 0 Å². The van der Waals surface area contributed by atoms with Gasteiger partial charge in [-0.2, -0.15) is 0 Å². The highest BCUT2D eigenvalue weighted by molar-refractivity contribution is 5.39. The number of nitrogens with zero attached hydrogens (tertiary/aromatic N) is 1. The van der Waals surface area contributed by atoms with Gasteiger partial charge in [0.25, 0.3) is 0 Å². The van der Waals surface area contributed by atoms with E-state index in [1.807, 2.05) is 0 Å². The van der Waals surface area contributed by atoms with E-state index < -0.39 is 0 Å². The molecular weight excluding hydrogens is 222 g/mol. The van der Waals surface area contributed by atoms with Gasteiger partial charge in [-0.3, -0.25) is 0 Å². The van der Waals surface area contributed by atoms with Crippen LogP contribution in [0.4, 0.5) is 0 Å². The first-order valence-electron chi connectivity index (χ1n) is 6.92. The minimum absolute atomic E-state index is 0.000556. The Kier molecular flexibility index (Phi) is 3.96. The molecule has 1 aromatic carbocycles. The van der Waals surface area contributed by atoms with Crippen molar-refractivity contribution in [1.29, 1.82) is 0 Å². The number of aryl methyl sites for hydroxylation is 2. The van der Waals surface area contributed by atoms with Gasteiger partial charge in [-0.05, 0) is 77.4 Å². The smallest absolute Gasteiger partial charge is 0.123 e. The van der Waals surface area contributed by atoms with Crippen LogP contribution in [0.3, 0.4) is 0 Å². The maximum atomic E-state index is 6.01. The predicted octanol–water partition coefficient (Wildman–Crippen LogP) is 3.28. The Balaban J connectivity index is 2.00. The first kappa shape index (κ1) is 13.4. The molecule has 0 fully saturated rings. The Morgan fingerprint density at radius 2 is 2.06 bits per heavy atom. The van der Waals surface area contributed by atoms with Gasteiger partial charge in [0.2, 0.25) is 0 Å². The van der Waals surface area contributed by atoms with E-state index in [-0.39, 0.29) is 5.60 Å². The Morgan fingerprint density at radius 3 is 2.78 bits per heavy atom. The van der Waals surface area contributed by atoms with Crippen molar-refractivity contribution in [2.75, 3.05) is 20.6 Å². The van der Waals surface area contributed by atoms with E-state index in [1.54, 1.807) is 0 Å². The second-order valence-corrected chi connectivity index (χ2v) is 6.21. The summed E-state index contributed by atoms with van der Waals surface area (Å²) in [7, 11) is 4.26. The zero-order chi connectivity index (χ0) is 13.2. The minimum Gasteiger partial charge on any atom is -0.488 e. The molecule has 1 aromatic rings. The highest BCUT2D eigenvalue weighted by Gasteiger charge is 2.26. The van der Waals surface area contributed by atoms with Crippen LogP contribution in [0.25, 0.3) is 0 Å². The van der Waals surface area contributed by atoms with E-state index in [0.717, 1.165) is 31.6 Å². The Hall–Kier alpha value is -1.02. The summed E-state index contributed by atoms with van der Waals surface area (Å²) in [6, 6.07) is 6.71. The Morgan fingerprint density at radius 1 is 1.28 bits per heavy atom. The summed E-state index contributed by atoms with van der Waals surface area (Å²) in [5.41, 5.74) is 2.83. The molecule has 0 radical (unpaired) electrons. The summed E-state index contributed by atoms with van der Waals surface area (Å²) >= 11 is 0. The molecule has 2 nitrogen and oxygen atoms in total. The van der Waals surface area contributed by atoms with Crippen molar-refractivity contribution in [2.24, 2.45) is 0 Å². The number of fused-ring (bicyclic) bond motifs is 1. The van der Waals surface area contributed by atoms with Crippen molar-refractivity contribution in [3.63, 3.8) is 0 Å². The monoisotopic (exact) mass is 247 g/mol. The molecule has 0 saturated heterocycles. The van der Waals surface area contributed by atoms with Crippen LogP contribution in [0.1, 0.15) is 37.8 Å². The molecule has 1 aliphatic rings. The number of hydrogen-bond donors (Lipinski definition) is 0. The third-order valence-corrected chi connectivity index (χ3v) is 3.58. The van der Waals surface area contributed by atoms with Crippen molar-refractivity contribution in [3.05, 3.63) is 29.3 Å². The molecule has 0 aliphatic carbocycles. The third kappa shape index (κ3) is 3.49. The van der Waals surface area contributed by atoms with E-state index in [4.69, 9.17) is 4.74 Å². The van der Waals surface area contributed by atoms with Crippen molar-refractivity contribution in [3.8, 4) is 5.75 Å². The van der Waals surface area contributed by atoms with E-state index in [0.29, 0.717) is 0 Å². The van der Waals surface area contributed by atoms with E-state index in [1.165, 1.54) is 17.5 Å². The van der Waals surface area contributed by atoms with Gasteiger partial charge in [0.1, 0.15) is 11.4 Å². The second-order valence-electron chi connectivity index (χ2n) is 6.21. The molecule has 0 aromatic heterocycles. The molecule has 2 heteroatoms. The number of benzene rings is 1. The van der Waals surface area contributed by atoms with Gasteiger partial charge in [0.15, 0.2) is 0 Å². The van der Waals surface area contributed by atoms with Crippen LogP contribution in [-0.4, -0.2) is 31.1 Å². The topological polar surface area (TPSA) is 12.5 Å². The van der Waals surface area contributed by atoms with Crippen LogP contribution in [0, 0.1) is 0 Å². The summed E-state index contributed by atoms with van der Waals surface area (Å²) in [5.74, 6) is 1.09. The minimum atomic E-state index is -0.000556. The third-order valence-electron chi connectivity index (χ3n) is 3.58. The van der Waals surface area contributed by atoms with Gasteiger partial charge in [0, 0.05) is 0 Å². The summed E-state index contributed by atoms with van der Waals surface area (Å²) in [6.07, 6.45) is 4.64. The average molecular weight is 247 g/mol. The van der Waals surface area contributed by atoms with Crippen molar-refractivity contribution < 1.29 is 4.74 Å². The standard InChI is InChI=1S/C16H25NO/c1-16(2)10-9-14-12-13(6-5-11-17(3)4)7-8-15(14)18-16/h7-8,12H,5-6,9-11H2,1-4H3. The van der Waals surface area contributed by atoms with Crippen molar-refractivity contribution in [2.45, 2.75) is 45.1 Å². The van der Waals surface area contributed by atoms with Crippen LogP contribution in [-0.2, 0) is 12.8 Å². The van der Waals surface area contributed by atoms with Gasteiger partial charge in [-0.25, -0.2) is 0 Å². The highest BCUT2D eigenvalue weighted by Crippen LogP contribution is 2.33. The molecule has 0 spiro atoms. The lowest BCUT2D eigenvalue weighted by atomic mass is 9.93. The number of hydrogen-bond acceptors (Lipinski definition) is 2. The van der Waals surface area contributed by atoms with Crippen molar-refractivity contribution >= 4 is 0 Å². The quantitative estimate of drug-likeness (QED) is 0.809. The largest absolute Gasteiger partial charge is 0.488 e. The zero-order valence-corrected chi connectivity index (χ0v) is 12.1. The molecule has 18 heavy (non-hydrogen) atoms. The highest BCUT2D eigenvalue weighted by atomic mass is 16.5. The van der Waals surface area contributed by atoms with Gasteiger partial charge in [-0.15, -0.1) is 0 Å². The fraction of sp³-hybridized carbons (Fsp3) is 0.625. The summed E-state index contributed by atoms with van der Waals surface area (Å²) in [6.45, 7) is 5.49. The van der Waals surface area contributed by atoms with Crippen LogP contribution >= 0.6 is 0 Å². The second kappa shape index (κ2) is 5.31. The maximum Gasteiger partial charge on any atom is 0.123 e. The van der Waals surface area contributed by atoms with Gasteiger partial charge in [0.05, 0.1) is 0 Å². The zero-order valence-electron chi connectivity index (χ0n) is 12.1. The van der Waals surface area contributed by atoms with E-state index in [9.17, 15) is 0 Å². The first-order chi connectivity index (χ1) is 8.46. The molecular formula is C16H25NO. The predicted molar refractivity (Wildman–Crippen MR) is 76.3 cm³/mol. The fourth-order valence-corrected chi connectivity index (χ4v) is 2.47. The number of rotatable bonds is 4. The van der Waals surface area contributed by atoms with Crippen molar-refractivity contribution in [1.82, 2.24) is 4.90 Å². The fourth-order valence-electron chi connectivity index (χ4n) is 2.47. The van der Waals surface area contributed by atoms with E-state index in [2.05, 4.69) is 51.0 Å². The molecule has 1 aliphatic heterocycles. The normalized spacial score (nSPS) is 17.4. The van der Waals surface area contributed by atoms with Crippen LogP contribution in [0.2, 0.25) is 0 Å². The SMILES string of the molecule is CN(C)CCCc1ccc2c(c1)CCC(C)(C)O2. The van der Waals surface area contributed by atoms with Crippen LogP contribution < -0.4 is 4.74 Å². The van der Waals surface area contributed by atoms with Crippen LogP contribution in [0.5, 0.6) is 5.75 Å². The molecule has 0 unspecified atom stereocenters. The lowest BCUT2D eigenvalue weighted by molar-refractivity contribution is 0.0846. The molecule has 0 bridgehead atoms. The molecule has 0 amide bonds. The Bertz CT molecular complexity index is 410. The van der Waals surface area contributed by atoms with Gasteiger partial charge >= 0.3 is 0 Å². The van der Waals surface area contributed by atoms with Gasteiger partial charge in [-0.1, -0.05) is 12.1 Å². The lowest BCUT2D eigenvalue weighted by Gasteiger charge is -2.32. The average Bonchev–Trinajstić information content (AvgIpc) is 2.28. The lowest BCUT2D eigenvalue weighted by Crippen LogP contribution is -2.32. The molecule has 100 valence electrons. The van der Waals surface area contributed by atoms with Gasteiger partial charge < -0.3 is 9.64 Å². The first-order valence-corrected chi connectivity index (χ1v) is 6.92. The molecule has 2 rings (SSSR count). The number of ether oxygens (including phenoxy) is 1. The summed E-state index contributed by atoms with van der Waals surface area (Å²) in [4.78, 5) is 2.24. The molecule has 0 atom stereocenters. The Labute approximate surface area is 111 Å². The van der Waals surface area contributed by atoms with Crippen LogP contribution in [0.15, 0.2) is 18.2 Å². The molecule has 0 saturated carbocycles.